The molecule has 1 aromatic rings. The van der Waals surface area contributed by atoms with Gasteiger partial charge in [-0.3, -0.25) is 19.9 Å². The van der Waals surface area contributed by atoms with Gasteiger partial charge in [0, 0.05) is 12.1 Å². The van der Waals surface area contributed by atoms with Crippen molar-refractivity contribution >= 4 is 23.8 Å². The maximum absolute atomic E-state index is 13.4. The summed E-state index contributed by atoms with van der Waals surface area (Å²) in [7, 11) is 1.58. The molecule has 274 valence electrons. The number of unbranched alkanes of at least 4 members (excludes halogenated alkanes) is 8. The molecule has 1 amide bonds. The molecule has 49 heavy (non-hydrogen) atoms. The van der Waals surface area contributed by atoms with Crippen LogP contribution in [-0.4, -0.2) is 69.6 Å². The number of carbonyl (C=O) groups is 4. The van der Waals surface area contributed by atoms with Crippen molar-refractivity contribution < 1.29 is 49.2 Å². The SMILES string of the molecule is CCCCCCC/C(=C/CCCCCC=C[C@H](C(=O)N[C@@H](Cc1ccc(OCC=C(C)C)cc1)C(=O)O)[C@@](O)(CC(=O)O)C(=O)O)NOC. The van der Waals surface area contributed by atoms with Crippen LogP contribution in [0.1, 0.15) is 103 Å². The fourth-order valence-corrected chi connectivity index (χ4v) is 5.07. The zero-order valence-corrected chi connectivity index (χ0v) is 29.4. The molecule has 6 N–H and O–H groups in total. The number of hydrogen-bond donors (Lipinski definition) is 6. The summed E-state index contributed by atoms with van der Waals surface area (Å²) in [4.78, 5) is 54.2. The highest BCUT2D eigenvalue weighted by Crippen LogP contribution is 2.26. The van der Waals surface area contributed by atoms with Gasteiger partial charge in [-0.2, -0.15) is 0 Å². The molecule has 3 atom stereocenters. The first-order valence-electron chi connectivity index (χ1n) is 17.0. The van der Waals surface area contributed by atoms with E-state index in [0.717, 1.165) is 49.5 Å². The van der Waals surface area contributed by atoms with Gasteiger partial charge in [0.05, 0.1) is 19.4 Å². The number of carboxylic acid groups (broad SMARTS) is 3. The van der Waals surface area contributed by atoms with Crippen molar-refractivity contribution in [1.29, 1.82) is 0 Å². The molecule has 0 aliphatic rings. The van der Waals surface area contributed by atoms with E-state index < -0.39 is 47.8 Å². The standard InChI is InChI=1S/C37H56N2O10/c1-5-6-7-10-13-16-29(39-48-4)17-14-11-8-9-12-15-18-31(37(47,36(45)46)26-33(40)41)34(42)38-32(35(43)44)25-28-19-21-30(22-20-28)49-24-23-27(2)3/h15,17-23,31-32,39,47H,5-14,16,24-26H2,1-4H3,(H,38,42)(H,40,41)(H,43,44)(H,45,46)/b18-15?,29-17-/t31-,32+,37+/m1/s1. The summed E-state index contributed by atoms with van der Waals surface area (Å²) < 4.78 is 5.62. The van der Waals surface area contributed by atoms with Gasteiger partial charge in [-0.15, -0.1) is 0 Å². The molecule has 0 aliphatic heterocycles. The van der Waals surface area contributed by atoms with E-state index >= 15 is 0 Å². The lowest BCUT2D eigenvalue weighted by atomic mass is 9.82. The van der Waals surface area contributed by atoms with Crippen molar-refractivity contribution in [3.8, 4) is 5.75 Å². The van der Waals surface area contributed by atoms with Gasteiger partial charge in [-0.25, -0.2) is 9.59 Å². The van der Waals surface area contributed by atoms with Crippen LogP contribution >= 0.6 is 0 Å². The number of nitrogens with one attached hydrogen (secondary N) is 2. The van der Waals surface area contributed by atoms with E-state index in [0.29, 0.717) is 30.8 Å². The van der Waals surface area contributed by atoms with Crippen LogP contribution in [-0.2, 0) is 30.4 Å². The van der Waals surface area contributed by atoms with Crippen LogP contribution in [0, 0.1) is 5.92 Å². The van der Waals surface area contributed by atoms with Crippen molar-refractivity contribution in [3.63, 3.8) is 0 Å². The summed E-state index contributed by atoms with van der Waals surface area (Å²) in [6.45, 7) is 6.45. The third-order valence-electron chi connectivity index (χ3n) is 7.88. The minimum absolute atomic E-state index is 0.148. The molecule has 0 aliphatic carbocycles. The van der Waals surface area contributed by atoms with Crippen molar-refractivity contribution in [2.24, 2.45) is 5.92 Å². The molecule has 1 aromatic carbocycles. The van der Waals surface area contributed by atoms with E-state index in [4.69, 9.17) is 9.57 Å². The molecule has 0 bridgehead atoms. The number of aliphatic hydroxyl groups is 1. The number of hydroxylamine groups is 1. The Bertz CT molecular complexity index is 1250. The largest absolute Gasteiger partial charge is 0.490 e. The van der Waals surface area contributed by atoms with Gasteiger partial charge in [0.2, 0.25) is 5.91 Å². The zero-order chi connectivity index (χ0) is 36.7. The number of rotatable bonds is 27. The van der Waals surface area contributed by atoms with Crippen molar-refractivity contribution in [2.45, 2.75) is 116 Å². The van der Waals surface area contributed by atoms with Crippen LogP contribution in [0.15, 0.2) is 59.8 Å². The summed E-state index contributed by atoms with van der Waals surface area (Å²) in [5.74, 6) is -7.33. The van der Waals surface area contributed by atoms with E-state index in [9.17, 15) is 39.6 Å². The Balaban J connectivity index is 2.91. The average molecular weight is 689 g/mol. The second kappa shape index (κ2) is 24.0. The van der Waals surface area contributed by atoms with Crippen LogP contribution in [0.25, 0.3) is 0 Å². The third kappa shape index (κ3) is 17.7. The molecule has 1 rings (SSSR count). The summed E-state index contributed by atoms with van der Waals surface area (Å²) in [6, 6.07) is 5.14. The highest BCUT2D eigenvalue weighted by Gasteiger charge is 2.49. The number of aliphatic carboxylic acids is 3. The van der Waals surface area contributed by atoms with Gasteiger partial charge in [0.25, 0.3) is 0 Å². The minimum atomic E-state index is -3.01. The number of ether oxygens (including phenoxy) is 1. The van der Waals surface area contributed by atoms with Crippen LogP contribution in [0.2, 0.25) is 0 Å². The fraction of sp³-hybridized carbons (Fsp3) is 0.568. The van der Waals surface area contributed by atoms with Crippen LogP contribution in [0.3, 0.4) is 0 Å². The summed E-state index contributed by atoms with van der Waals surface area (Å²) in [5, 5.41) is 42.2. The Labute approximate surface area is 290 Å². The molecular weight excluding hydrogens is 632 g/mol. The molecule has 0 aromatic heterocycles. The molecule has 0 saturated carbocycles. The van der Waals surface area contributed by atoms with Crippen LogP contribution in [0.5, 0.6) is 5.75 Å². The predicted octanol–water partition coefficient (Wildman–Crippen LogP) is 5.95. The van der Waals surface area contributed by atoms with Gasteiger partial charge < -0.3 is 30.5 Å². The summed E-state index contributed by atoms with van der Waals surface area (Å²) in [6.07, 6.45) is 15.8. The third-order valence-corrected chi connectivity index (χ3v) is 7.88. The van der Waals surface area contributed by atoms with E-state index in [1.54, 1.807) is 31.4 Å². The number of carbonyl (C=O) groups excluding carboxylic acids is 1. The lowest BCUT2D eigenvalue weighted by molar-refractivity contribution is -0.172. The fourth-order valence-electron chi connectivity index (χ4n) is 5.07. The Kier molecular flexibility index (Phi) is 21.0. The first kappa shape index (κ1) is 42.9. The van der Waals surface area contributed by atoms with Gasteiger partial charge in [0.15, 0.2) is 5.60 Å². The summed E-state index contributed by atoms with van der Waals surface area (Å²) in [5.41, 5.74) is 2.63. The lowest BCUT2D eigenvalue weighted by Crippen LogP contribution is -2.55. The molecule has 0 saturated heterocycles. The molecule has 0 fully saturated rings. The van der Waals surface area contributed by atoms with Crippen molar-refractivity contribution in [2.75, 3.05) is 13.7 Å². The number of allylic oxidation sites excluding steroid dienone is 4. The first-order chi connectivity index (χ1) is 23.3. The van der Waals surface area contributed by atoms with Gasteiger partial charge in [-0.1, -0.05) is 75.0 Å². The molecule has 0 spiro atoms. The quantitative estimate of drug-likeness (QED) is 0.0364. The van der Waals surface area contributed by atoms with E-state index in [-0.39, 0.29) is 6.42 Å². The second-order valence-electron chi connectivity index (χ2n) is 12.4. The number of hydrogen-bond acceptors (Lipinski definition) is 8. The van der Waals surface area contributed by atoms with Gasteiger partial charge in [-0.05, 0) is 76.1 Å². The van der Waals surface area contributed by atoms with E-state index in [1.807, 2.05) is 19.9 Å². The van der Waals surface area contributed by atoms with Crippen molar-refractivity contribution in [3.05, 3.63) is 65.4 Å². The van der Waals surface area contributed by atoms with Crippen LogP contribution in [0.4, 0.5) is 0 Å². The van der Waals surface area contributed by atoms with Crippen molar-refractivity contribution in [1.82, 2.24) is 10.8 Å². The normalized spacial score (nSPS) is 14.0. The Morgan fingerprint density at radius 3 is 2.14 bits per heavy atom. The maximum atomic E-state index is 13.4. The number of carboxylic acids is 3. The number of benzene rings is 1. The minimum Gasteiger partial charge on any atom is -0.490 e. The van der Waals surface area contributed by atoms with E-state index in [1.165, 1.54) is 31.8 Å². The highest BCUT2D eigenvalue weighted by atomic mass is 16.6. The molecular formula is C37H56N2O10. The van der Waals surface area contributed by atoms with Gasteiger partial charge >= 0.3 is 17.9 Å². The molecule has 0 radical (unpaired) electrons. The molecule has 0 heterocycles. The van der Waals surface area contributed by atoms with Gasteiger partial charge in [0.1, 0.15) is 18.4 Å². The molecule has 12 heteroatoms. The number of amides is 1. The topological polar surface area (TPSA) is 192 Å². The highest BCUT2D eigenvalue weighted by molar-refractivity contribution is 5.94. The Hall–Kier alpha value is -4.16. The Morgan fingerprint density at radius 2 is 1.55 bits per heavy atom. The zero-order valence-electron chi connectivity index (χ0n) is 29.4. The molecule has 0 unspecified atom stereocenters. The Morgan fingerprint density at radius 1 is 0.898 bits per heavy atom. The first-order valence-corrected chi connectivity index (χ1v) is 17.0. The molecule has 12 nitrogen and oxygen atoms in total. The lowest BCUT2D eigenvalue weighted by Gasteiger charge is -2.29. The predicted molar refractivity (Wildman–Crippen MR) is 187 cm³/mol. The van der Waals surface area contributed by atoms with E-state index in [2.05, 4.69) is 23.8 Å². The van der Waals surface area contributed by atoms with Crippen LogP contribution < -0.4 is 15.5 Å². The monoisotopic (exact) mass is 688 g/mol. The summed E-state index contributed by atoms with van der Waals surface area (Å²) >= 11 is 0. The average Bonchev–Trinajstić information content (AvgIpc) is 3.03. The smallest absolute Gasteiger partial charge is 0.337 e. The maximum Gasteiger partial charge on any atom is 0.337 e. The second-order valence-corrected chi connectivity index (χ2v) is 12.4.